The van der Waals surface area contributed by atoms with Crippen molar-refractivity contribution in [1.29, 1.82) is 0 Å². The maximum Gasteiger partial charge on any atom is 0.272 e. The molecule has 0 radical (unpaired) electrons. The van der Waals surface area contributed by atoms with Gasteiger partial charge in [0.1, 0.15) is 11.4 Å². The third-order valence-corrected chi connectivity index (χ3v) is 3.97. The quantitative estimate of drug-likeness (QED) is 0.640. The Morgan fingerprint density at radius 2 is 1.54 bits per heavy atom. The molecule has 0 aliphatic heterocycles. The number of ether oxygens (including phenoxy) is 1. The highest BCUT2D eigenvalue weighted by Gasteiger charge is 2.15. The van der Waals surface area contributed by atoms with Gasteiger partial charge < -0.3 is 15.4 Å². The van der Waals surface area contributed by atoms with Gasteiger partial charge in [-0.25, -0.2) is 0 Å². The number of rotatable bonds is 6. The van der Waals surface area contributed by atoms with Gasteiger partial charge in [-0.3, -0.25) is 9.59 Å². The van der Waals surface area contributed by atoms with Crippen LogP contribution in [0.3, 0.4) is 0 Å². The Morgan fingerprint density at radius 3 is 2.21 bits per heavy atom. The van der Waals surface area contributed by atoms with E-state index in [9.17, 15) is 9.59 Å². The van der Waals surface area contributed by atoms with Crippen molar-refractivity contribution in [3.05, 3.63) is 102 Å². The molecule has 0 aliphatic rings. The highest BCUT2D eigenvalue weighted by Crippen LogP contribution is 2.17. The summed E-state index contributed by atoms with van der Waals surface area (Å²) < 4.78 is 5.18. The van der Waals surface area contributed by atoms with Crippen molar-refractivity contribution in [2.45, 2.75) is 0 Å². The predicted octanol–water partition coefficient (Wildman–Crippen LogP) is 4.10. The Labute approximate surface area is 163 Å². The molecular weight excluding hydrogens is 352 g/mol. The number of carbonyl (C=O) groups excluding carboxylic acids is 2. The first kappa shape index (κ1) is 18.9. The molecule has 0 spiro atoms. The lowest BCUT2D eigenvalue weighted by atomic mass is 10.1. The van der Waals surface area contributed by atoms with Crippen LogP contribution in [-0.2, 0) is 4.79 Å². The maximum absolute atomic E-state index is 12.8. The summed E-state index contributed by atoms with van der Waals surface area (Å²) in [6.07, 6.45) is 1.64. The number of benzene rings is 3. The minimum Gasteiger partial charge on any atom is -0.497 e. The van der Waals surface area contributed by atoms with E-state index in [1.165, 1.54) is 0 Å². The second-order valence-electron chi connectivity index (χ2n) is 5.97. The number of nitrogens with one attached hydrogen (secondary N) is 2. The topological polar surface area (TPSA) is 67.4 Å². The highest BCUT2D eigenvalue weighted by atomic mass is 16.5. The molecule has 0 heterocycles. The number of methoxy groups -OCH3 is 1. The molecule has 5 nitrogen and oxygen atoms in total. The van der Waals surface area contributed by atoms with E-state index in [2.05, 4.69) is 10.6 Å². The van der Waals surface area contributed by atoms with Crippen LogP contribution in [0.25, 0.3) is 6.08 Å². The van der Waals surface area contributed by atoms with Crippen molar-refractivity contribution in [2.24, 2.45) is 0 Å². The minimum atomic E-state index is -0.429. The van der Waals surface area contributed by atoms with Gasteiger partial charge in [-0.05, 0) is 35.9 Å². The van der Waals surface area contributed by atoms with E-state index in [0.29, 0.717) is 17.0 Å². The van der Waals surface area contributed by atoms with Gasteiger partial charge in [0, 0.05) is 17.3 Å². The number of carbonyl (C=O) groups is 2. The van der Waals surface area contributed by atoms with Crippen molar-refractivity contribution in [2.75, 3.05) is 12.4 Å². The molecule has 3 rings (SSSR count). The summed E-state index contributed by atoms with van der Waals surface area (Å²) in [5, 5.41) is 5.50. The highest BCUT2D eigenvalue weighted by molar-refractivity contribution is 6.10. The van der Waals surface area contributed by atoms with Gasteiger partial charge >= 0.3 is 0 Å². The fourth-order valence-electron chi connectivity index (χ4n) is 2.56. The SMILES string of the molecule is COc1cccc(NC(=O)/C(=C/c2ccccc2)NC(=O)c2ccccc2)c1. The van der Waals surface area contributed by atoms with Gasteiger partial charge in [-0.2, -0.15) is 0 Å². The van der Waals surface area contributed by atoms with E-state index < -0.39 is 5.91 Å². The van der Waals surface area contributed by atoms with Crippen LogP contribution in [0, 0.1) is 0 Å². The zero-order valence-corrected chi connectivity index (χ0v) is 15.4. The van der Waals surface area contributed by atoms with Gasteiger partial charge in [0.2, 0.25) is 0 Å². The first-order valence-electron chi connectivity index (χ1n) is 8.74. The average molecular weight is 372 g/mol. The minimum absolute atomic E-state index is 0.142. The third-order valence-electron chi connectivity index (χ3n) is 3.97. The van der Waals surface area contributed by atoms with Crippen LogP contribution in [0.15, 0.2) is 90.6 Å². The lowest BCUT2D eigenvalue weighted by molar-refractivity contribution is -0.113. The van der Waals surface area contributed by atoms with Crippen molar-refractivity contribution >= 4 is 23.6 Å². The van der Waals surface area contributed by atoms with E-state index in [1.807, 2.05) is 36.4 Å². The first-order chi connectivity index (χ1) is 13.7. The van der Waals surface area contributed by atoms with Crippen LogP contribution in [-0.4, -0.2) is 18.9 Å². The Morgan fingerprint density at radius 1 is 0.857 bits per heavy atom. The van der Waals surface area contributed by atoms with Crippen molar-refractivity contribution in [3.8, 4) is 5.75 Å². The van der Waals surface area contributed by atoms with Crippen molar-refractivity contribution in [1.82, 2.24) is 5.32 Å². The Bertz CT molecular complexity index is 983. The van der Waals surface area contributed by atoms with Crippen LogP contribution < -0.4 is 15.4 Å². The summed E-state index contributed by atoms with van der Waals surface area (Å²) in [6.45, 7) is 0. The normalized spacial score (nSPS) is 10.8. The fraction of sp³-hybridized carbons (Fsp3) is 0.0435. The summed E-state index contributed by atoms with van der Waals surface area (Å²) in [4.78, 5) is 25.4. The molecule has 0 bridgehead atoms. The van der Waals surface area contributed by atoms with Crippen LogP contribution in [0.5, 0.6) is 5.75 Å². The zero-order valence-electron chi connectivity index (χ0n) is 15.4. The molecule has 2 N–H and O–H groups in total. The fourth-order valence-corrected chi connectivity index (χ4v) is 2.56. The lowest BCUT2D eigenvalue weighted by Crippen LogP contribution is -2.30. The Hall–Kier alpha value is -3.86. The number of hydrogen-bond acceptors (Lipinski definition) is 3. The average Bonchev–Trinajstić information content (AvgIpc) is 2.74. The van der Waals surface area contributed by atoms with Gasteiger partial charge in [-0.15, -0.1) is 0 Å². The molecule has 0 aromatic heterocycles. The Kier molecular flexibility index (Phi) is 6.21. The van der Waals surface area contributed by atoms with Crippen molar-refractivity contribution in [3.63, 3.8) is 0 Å². The van der Waals surface area contributed by atoms with Gasteiger partial charge in [-0.1, -0.05) is 54.6 Å². The molecule has 2 amide bonds. The number of amides is 2. The molecule has 0 saturated carbocycles. The zero-order chi connectivity index (χ0) is 19.8. The summed E-state index contributed by atoms with van der Waals surface area (Å²) in [5.41, 5.74) is 1.97. The molecule has 3 aromatic rings. The maximum atomic E-state index is 12.8. The molecule has 28 heavy (non-hydrogen) atoms. The van der Waals surface area contributed by atoms with Crippen LogP contribution in [0.4, 0.5) is 5.69 Å². The molecule has 0 aliphatic carbocycles. The molecule has 140 valence electrons. The number of anilines is 1. The second-order valence-corrected chi connectivity index (χ2v) is 5.97. The van der Waals surface area contributed by atoms with E-state index in [1.54, 1.807) is 61.7 Å². The van der Waals surface area contributed by atoms with E-state index in [0.717, 1.165) is 5.56 Å². The summed E-state index contributed by atoms with van der Waals surface area (Å²) >= 11 is 0. The van der Waals surface area contributed by atoms with Crippen LogP contribution >= 0.6 is 0 Å². The molecule has 0 saturated heterocycles. The molecule has 0 fully saturated rings. The van der Waals surface area contributed by atoms with E-state index in [4.69, 9.17) is 4.74 Å². The van der Waals surface area contributed by atoms with Gasteiger partial charge in [0.15, 0.2) is 0 Å². The van der Waals surface area contributed by atoms with Crippen LogP contribution in [0.2, 0.25) is 0 Å². The van der Waals surface area contributed by atoms with Crippen molar-refractivity contribution < 1.29 is 14.3 Å². The largest absolute Gasteiger partial charge is 0.497 e. The summed E-state index contributed by atoms with van der Waals surface area (Å²) in [5.74, 6) is -0.162. The first-order valence-corrected chi connectivity index (χ1v) is 8.74. The molecular formula is C23H20N2O3. The Balaban J connectivity index is 1.86. The summed E-state index contributed by atoms with van der Waals surface area (Å²) in [6, 6.07) is 25.1. The van der Waals surface area contributed by atoms with Gasteiger partial charge in [0.25, 0.3) is 11.8 Å². The third kappa shape index (κ3) is 5.08. The lowest BCUT2D eigenvalue weighted by Gasteiger charge is -2.12. The molecule has 0 atom stereocenters. The van der Waals surface area contributed by atoms with E-state index >= 15 is 0 Å². The smallest absolute Gasteiger partial charge is 0.272 e. The monoisotopic (exact) mass is 372 g/mol. The summed E-state index contributed by atoms with van der Waals surface area (Å²) in [7, 11) is 1.56. The van der Waals surface area contributed by atoms with E-state index in [-0.39, 0.29) is 11.6 Å². The molecule has 5 heteroatoms. The second kappa shape index (κ2) is 9.19. The van der Waals surface area contributed by atoms with Crippen LogP contribution in [0.1, 0.15) is 15.9 Å². The predicted molar refractivity (Wildman–Crippen MR) is 110 cm³/mol. The van der Waals surface area contributed by atoms with Gasteiger partial charge in [0.05, 0.1) is 7.11 Å². The molecule has 0 unspecified atom stereocenters. The number of hydrogen-bond donors (Lipinski definition) is 2. The standard InChI is InChI=1S/C23H20N2O3/c1-28-20-14-8-13-19(16-20)24-23(27)21(15-17-9-4-2-5-10-17)25-22(26)18-11-6-3-7-12-18/h2-16H,1H3,(H,24,27)(H,25,26)/b21-15-. The molecule has 3 aromatic carbocycles.